The van der Waals surface area contributed by atoms with Crippen molar-refractivity contribution in [2.45, 2.75) is 6.04 Å². The molecule has 0 fully saturated rings. The van der Waals surface area contributed by atoms with E-state index in [0.717, 1.165) is 7.11 Å². The molecule has 16 heavy (non-hydrogen) atoms. The highest BCUT2D eigenvalue weighted by molar-refractivity contribution is 6.34. The van der Waals surface area contributed by atoms with Crippen LogP contribution in [0.25, 0.3) is 0 Å². The zero-order valence-corrected chi connectivity index (χ0v) is 10.5. The van der Waals surface area contributed by atoms with E-state index in [9.17, 15) is 9.18 Å². The van der Waals surface area contributed by atoms with Gasteiger partial charge in [-0.25, -0.2) is 4.39 Å². The van der Waals surface area contributed by atoms with Crippen molar-refractivity contribution in [3.05, 3.63) is 33.6 Å². The van der Waals surface area contributed by atoms with Crippen LogP contribution in [-0.2, 0) is 9.53 Å². The van der Waals surface area contributed by atoms with Gasteiger partial charge in [-0.15, -0.1) is 12.4 Å². The largest absolute Gasteiger partial charge is 0.468 e. The first-order valence-electron chi connectivity index (χ1n) is 3.95. The standard InChI is InChI=1S/C9H8Cl2FNO2.ClH/c1-15-9(14)8(13)6-4(10)2-3-5(11)7(6)12;/h2-3,8H,13H2,1H3;1H/t8-;/m1./s1. The number of hydrogen-bond donors (Lipinski definition) is 1. The molecule has 1 atom stereocenters. The molecule has 0 aliphatic heterocycles. The summed E-state index contributed by atoms with van der Waals surface area (Å²) in [5.74, 6) is -1.58. The average molecular weight is 289 g/mol. The van der Waals surface area contributed by atoms with E-state index in [1.54, 1.807) is 0 Å². The molecule has 0 aliphatic carbocycles. The first-order chi connectivity index (χ1) is 6.99. The van der Waals surface area contributed by atoms with Gasteiger partial charge in [0, 0.05) is 10.6 Å². The summed E-state index contributed by atoms with van der Waals surface area (Å²) in [6.45, 7) is 0. The van der Waals surface area contributed by atoms with E-state index >= 15 is 0 Å². The normalized spacial score (nSPS) is 11.6. The molecule has 0 spiro atoms. The summed E-state index contributed by atoms with van der Waals surface area (Å²) in [5, 5.41) is -0.108. The predicted molar refractivity (Wildman–Crippen MR) is 62.6 cm³/mol. The van der Waals surface area contributed by atoms with Crippen molar-refractivity contribution in [3.8, 4) is 0 Å². The second kappa shape index (κ2) is 6.25. The molecule has 7 heteroatoms. The fourth-order valence-electron chi connectivity index (χ4n) is 1.07. The van der Waals surface area contributed by atoms with Gasteiger partial charge in [0.25, 0.3) is 0 Å². The second-order valence-electron chi connectivity index (χ2n) is 2.76. The maximum atomic E-state index is 13.5. The lowest BCUT2D eigenvalue weighted by molar-refractivity contribution is -0.142. The molecule has 2 N–H and O–H groups in total. The van der Waals surface area contributed by atoms with Crippen LogP contribution in [0.2, 0.25) is 10.0 Å². The van der Waals surface area contributed by atoms with E-state index in [2.05, 4.69) is 4.74 Å². The van der Waals surface area contributed by atoms with Gasteiger partial charge in [-0.3, -0.25) is 4.79 Å². The molecular formula is C9H9Cl3FNO2. The summed E-state index contributed by atoms with van der Waals surface area (Å²) in [6, 6.07) is 1.37. The zero-order chi connectivity index (χ0) is 11.6. The van der Waals surface area contributed by atoms with Gasteiger partial charge in [-0.05, 0) is 12.1 Å². The van der Waals surface area contributed by atoms with Crippen LogP contribution in [0, 0.1) is 5.82 Å². The van der Waals surface area contributed by atoms with Gasteiger partial charge >= 0.3 is 5.97 Å². The molecule has 90 valence electrons. The lowest BCUT2D eigenvalue weighted by Crippen LogP contribution is -2.24. The number of esters is 1. The Balaban J connectivity index is 0.00000225. The molecule has 0 saturated carbocycles. The summed E-state index contributed by atoms with van der Waals surface area (Å²) < 4.78 is 17.9. The Morgan fingerprint density at radius 2 is 1.94 bits per heavy atom. The van der Waals surface area contributed by atoms with Crippen molar-refractivity contribution in [1.82, 2.24) is 0 Å². The Morgan fingerprint density at radius 3 is 2.44 bits per heavy atom. The summed E-state index contributed by atoms with van der Waals surface area (Å²) in [4.78, 5) is 11.1. The number of methoxy groups -OCH3 is 1. The van der Waals surface area contributed by atoms with Crippen LogP contribution in [0.15, 0.2) is 12.1 Å². The third-order valence-electron chi connectivity index (χ3n) is 1.85. The number of rotatable bonds is 2. The zero-order valence-electron chi connectivity index (χ0n) is 8.17. The molecule has 0 unspecified atom stereocenters. The van der Waals surface area contributed by atoms with E-state index in [1.165, 1.54) is 12.1 Å². The Kier molecular flexibility index (Phi) is 6.04. The van der Waals surface area contributed by atoms with Crippen LogP contribution in [0.3, 0.4) is 0 Å². The van der Waals surface area contributed by atoms with Crippen LogP contribution in [-0.4, -0.2) is 13.1 Å². The highest BCUT2D eigenvalue weighted by Crippen LogP contribution is 2.29. The molecular weight excluding hydrogens is 279 g/mol. The SMILES string of the molecule is COC(=O)[C@H](N)c1c(Cl)ccc(Cl)c1F.Cl. The third kappa shape index (κ3) is 2.98. The fraction of sp³-hybridized carbons (Fsp3) is 0.222. The Hall–Kier alpha value is -0.550. The maximum Gasteiger partial charge on any atom is 0.327 e. The van der Waals surface area contributed by atoms with E-state index in [4.69, 9.17) is 28.9 Å². The predicted octanol–water partition coefficient (Wildman–Crippen LogP) is 2.73. The molecule has 0 amide bonds. The minimum absolute atomic E-state index is 0. The van der Waals surface area contributed by atoms with Crippen molar-refractivity contribution in [3.63, 3.8) is 0 Å². The van der Waals surface area contributed by atoms with Crippen molar-refractivity contribution >= 4 is 41.6 Å². The Morgan fingerprint density at radius 1 is 1.44 bits per heavy atom. The Labute approximate surface area is 108 Å². The molecule has 1 aromatic carbocycles. The van der Waals surface area contributed by atoms with Crippen LogP contribution in [0.4, 0.5) is 4.39 Å². The lowest BCUT2D eigenvalue weighted by Gasteiger charge is -2.12. The highest BCUT2D eigenvalue weighted by atomic mass is 35.5. The van der Waals surface area contributed by atoms with Crippen molar-refractivity contribution in [2.24, 2.45) is 5.73 Å². The van der Waals surface area contributed by atoms with Gasteiger partial charge in [-0.1, -0.05) is 23.2 Å². The first-order valence-corrected chi connectivity index (χ1v) is 4.71. The number of nitrogens with two attached hydrogens (primary N) is 1. The smallest absolute Gasteiger partial charge is 0.327 e. The molecule has 1 rings (SSSR count). The van der Waals surface area contributed by atoms with E-state index in [1.807, 2.05) is 0 Å². The number of carbonyl (C=O) groups excluding carboxylic acids is 1. The van der Waals surface area contributed by atoms with Gasteiger partial charge in [0.1, 0.15) is 11.9 Å². The molecule has 0 heterocycles. The second-order valence-corrected chi connectivity index (χ2v) is 3.57. The van der Waals surface area contributed by atoms with E-state index in [0.29, 0.717) is 0 Å². The number of carbonyl (C=O) groups is 1. The van der Waals surface area contributed by atoms with Gasteiger partial charge in [0.2, 0.25) is 0 Å². The van der Waals surface area contributed by atoms with Crippen LogP contribution < -0.4 is 5.73 Å². The van der Waals surface area contributed by atoms with Crippen LogP contribution in [0.5, 0.6) is 0 Å². The number of benzene rings is 1. The summed E-state index contributed by atoms with van der Waals surface area (Å²) in [5.41, 5.74) is 5.31. The van der Waals surface area contributed by atoms with Gasteiger partial charge in [-0.2, -0.15) is 0 Å². The number of hydrogen-bond acceptors (Lipinski definition) is 3. The topological polar surface area (TPSA) is 52.3 Å². The number of halogens is 4. The van der Waals surface area contributed by atoms with Gasteiger partial charge in [0.05, 0.1) is 12.1 Å². The average Bonchev–Trinajstić information content (AvgIpc) is 2.22. The number of ether oxygens (including phenoxy) is 1. The first kappa shape index (κ1) is 15.4. The quantitative estimate of drug-likeness (QED) is 0.672. The van der Waals surface area contributed by atoms with E-state index < -0.39 is 17.8 Å². The third-order valence-corrected chi connectivity index (χ3v) is 2.47. The van der Waals surface area contributed by atoms with Crippen LogP contribution >= 0.6 is 35.6 Å². The molecule has 3 nitrogen and oxygen atoms in total. The molecule has 0 radical (unpaired) electrons. The molecule has 0 aromatic heterocycles. The minimum Gasteiger partial charge on any atom is -0.468 e. The molecule has 0 aliphatic rings. The van der Waals surface area contributed by atoms with Crippen molar-refractivity contribution in [2.75, 3.05) is 7.11 Å². The molecule has 1 aromatic rings. The highest BCUT2D eigenvalue weighted by Gasteiger charge is 2.24. The van der Waals surface area contributed by atoms with E-state index in [-0.39, 0.29) is 28.0 Å². The summed E-state index contributed by atoms with van der Waals surface area (Å²) >= 11 is 11.2. The van der Waals surface area contributed by atoms with Crippen molar-refractivity contribution in [1.29, 1.82) is 0 Å². The summed E-state index contributed by atoms with van der Waals surface area (Å²) in [6.07, 6.45) is 0. The van der Waals surface area contributed by atoms with Gasteiger partial charge < -0.3 is 10.5 Å². The molecule has 0 bridgehead atoms. The maximum absolute atomic E-state index is 13.5. The van der Waals surface area contributed by atoms with Gasteiger partial charge in [0.15, 0.2) is 0 Å². The van der Waals surface area contributed by atoms with Crippen LogP contribution in [0.1, 0.15) is 11.6 Å². The molecule has 0 saturated heterocycles. The fourth-order valence-corrected chi connectivity index (χ4v) is 1.50. The summed E-state index contributed by atoms with van der Waals surface area (Å²) in [7, 11) is 1.15. The Bertz CT molecular complexity index is 401. The monoisotopic (exact) mass is 287 g/mol. The minimum atomic E-state index is -1.28. The van der Waals surface area contributed by atoms with Crippen molar-refractivity contribution < 1.29 is 13.9 Å². The lowest BCUT2D eigenvalue weighted by atomic mass is 10.1.